The van der Waals surface area contributed by atoms with E-state index >= 15 is 0 Å². The Hall–Kier alpha value is -1.31. The minimum atomic E-state index is -0.118. The Balaban J connectivity index is 2.26. The summed E-state index contributed by atoms with van der Waals surface area (Å²) in [6, 6.07) is 10.1. The van der Waals surface area contributed by atoms with Crippen molar-refractivity contribution in [1.82, 2.24) is 0 Å². The highest BCUT2D eigenvalue weighted by Crippen LogP contribution is 2.27. The van der Waals surface area contributed by atoms with E-state index in [9.17, 15) is 0 Å². The second kappa shape index (κ2) is 3.69. The van der Waals surface area contributed by atoms with E-state index in [0.717, 1.165) is 18.0 Å². The highest BCUT2D eigenvalue weighted by atomic mass is 16.5. The van der Waals surface area contributed by atoms with Crippen LogP contribution in [0.5, 0.6) is 0 Å². The molecule has 2 rings (SSSR count). The fourth-order valence-electron chi connectivity index (χ4n) is 1.55. The summed E-state index contributed by atoms with van der Waals surface area (Å²) < 4.78 is 5.92. The Morgan fingerprint density at radius 3 is 2.53 bits per heavy atom. The molecule has 0 aliphatic carbocycles. The molecule has 80 valence electrons. The first-order chi connectivity index (χ1) is 7.09. The maximum Gasteiger partial charge on any atom is 0.216 e. The van der Waals surface area contributed by atoms with Crippen molar-refractivity contribution in [3.05, 3.63) is 35.9 Å². The van der Waals surface area contributed by atoms with Crippen LogP contribution in [-0.4, -0.2) is 18.0 Å². The molecule has 0 spiro atoms. The van der Waals surface area contributed by atoms with Gasteiger partial charge in [0.25, 0.3) is 0 Å². The molecular weight excluding hydrogens is 186 g/mol. The predicted octanol–water partition coefficient (Wildman–Crippen LogP) is 2.88. The lowest BCUT2D eigenvalue weighted by atomic mass is 9.91. The van der Waals surface area contributed by atoms with Crippen molar-refractivity contribution < 1.29 is 4.74 Å². The van der Waals surface area contributed by atoms with Gasteiger partial charge in [0.15, 0.2) is 0 Å². The Bertz CT molecular complexity index is 367. The molecule has 0 saturated carbocycles. The Morgan fingerprint density at radius 1 is 1.27 bits per heavy atom. The Kier molecular flexibility index (Phi) is 2.51. The van der Waals surface area contributed by atoms with Crippen LogP contribution in [-0.2, 0) is 4.74 Å². The fraction of sp³-hybridized carbons (Fsp3) is 0.462. The third-order valence-corrected chi connectivity index (χ3v) is 3.08. The molecular formula is C13H17NO. The highest BCUT2D eigenvalue weighted by molar-refractivity contribution is 5.94. The number of hydrogen-bond donors (Lipinski definition) is 0. The first kappa shape index (κ1) is 10.2. The molecule has 0 aromatic heterocycles. The van der Waals surface area contributed by atoms with Crippen LogP contribution in [0, 0.1) is 5.92 Å². The molecule has 1 aliphatic rings. The molecule has 1 heterocycles. The zero-order chi connectivity index (χ0) is 10.9. The summed E-state index contributed by atoms with van der Waals surface area (Å²) in [6.07, 6.45) is 0. The lowest BCUT2D eigenvalue weighted by Gasteiger charge is -2.36. The highest BCUT2D eigenvalue weighted by Gasteiger charge is 2.32. The normalized spacial score (nSPS) is 24.2. The molecule has 1 unspecified atom stereocenters. The van der Waals surface area contributed by atoms with Crippen molar-refractivity contribution in [2.45, 2.75) is 26.4 Å². The quantitative estimate of drug-likeness (QED) is 0.687. The van der Waals surface area contributed by atoms with Gasteiger partial charge in [0.2, 0.25) is 5.90 Å². The van der Waals surface area contributed by atoms with Crippen LogP contribution in [0.2, 0.25) is 0 Å². The first-order valence-electron chi connectivity index (χ1n) is 5.38. The summed E-state index contributed by atoms with van der Waals surface area (Å²) in [7, 11) is 0. The van der Waals surface area contributed by atoms with Crippen LogP contribution in [0.15, 0.2) is 35.3 Å². The summed E-state index contributed by atoms with van der Waals surface area (Å²) in [5.41, 5.74) is 0.949. The van der Waals surface area contributed by atoms with Gasteiger partial charge >= 0.3 is 0 Å². The van der Waals surface area contributed by atoms with Gasteiger partial charge in [0, 0.05) is 18.0 Å². The third-order valence-electron chi connectivity index (χ3n) is 3.08. The zero-order valence-corrected chi connectivity index (χ0v) is 9.53. The van der Waals surface area contributed by atoms with Crippen molar-refractivity contribution in [3.8, 4) is 0 Å². The molecule has 0 amide bonds. The molecule has 2 nitrogen and oxygen atoms in total. The van der Waals surface area contributed by atoms with Gasteiger partial charge in [0.05, 0.1) is 0 Å². The SMILES string of the molecule is CC1CN=C(c2ccccc2)OC1(C)C. The molecule has 0 saturated heterocycles. The Labute approximate surface area is 91.0 Å². The monoisotopic (exact) mass is 203 g/mol. The van der Waals surface area contributed by atoms with Crippen LogP contribution in [0.3, 0.4) is 0 Å². The van der Waals surface area contributed by atoms with E-state index in [4.69, 9.17) is 4.74 Å². The van der Waals surface area contributed by atoms with Crippen LogP contribution in [0.1, 0.15) is 26.3 Å². The lowest BCUT2D eigenvalue weighted by molar-refractivity contribution is 0.0307. The first-order valence-corrected chi connectivity index (χ1v) is 5.38. The van der Waals surface area contributed by atoms with Gasteiger partial charge < -0.3 is 4.74 Å². The molecule has 2 heteroatoms. The van der Waals surface area contributed by atoms with Crippen molar-refractivity contribution in [1.29, 1.82) is 0 Å². The van der Waals surface area contributed by atoms with E-state index in [1.807, 2.05) is 30.3 Å². The van der Waals surface area contributed by atoms with Crippen molar-refractivity contribution in [2.75, 3.05) is 6.54 Å². The minimum Gasteiger partial charge on any atom is -0.471 e. The predicted molar refractivity (Wildman–Crippen MR) is 62.2 cm³/mol. The molecule has 0 radical (unpaired) electrons. The van der Waals surface area contributed by atoms with Gasteiger partial charge in [-0.25, -0.2) is 0 Å². The van der Waals surface area contributed by atoms with E-state index in [1.54, 1.807) is 0 Å². The molecule has 0 fully saturated rings. The van der Waals surface area contributed by atoms with Gasteiger partial charge in [-0.05, 0) is 26.0 Å². The average Bonchev–Trinajstić information content (AvgIpc) is 2.23. The summed E-state index contributed by atoms with van der Waals surface area (Å²) >= 11 is 0. The topological polar surface area (TPSA) is 21.6 Å². The second-order valence-corrected chi connectivity index (χ2v) is 4.62. The number of ether oxygens (including phenoxy) is 1. The molecule has 1 aromatic carbocycles. The van der Waals surface area contributed by atoms with Crippen LogP contribution in [0.25, 0.3) is 0 Å². The van der Waals surface area contributed by atoms with Gasteiger partial charge in [-0.15, -0.1) is 0 Å². The van der Waals surface area contributed by atoms with E-state index in [0.29, 0.717) is 5.92 Å². The van der Waals surface area contributed by atoms with E-state index < -0.39 is 0 Å². The number of benzene rings is 1. The average molecular weight is 203 g/mol. The number of nitrogens with zero attached hydrogens (tertiary/aromatic N) is 1. The molecule has 15 heavy (non-hydrogen) atoms. The maximum absolute atomic E-state index is 5.92. The summed E-state index contributed by atoms with van der Waals surface area (Å²) in [6.45, 7) is 7.26. The van der Waals surface area contributed by atoms with Gasteiger partial charge in [0.1, 0.15) is 5.60 Å². The van der Waals surface area contributed by atoms with Gasteiger partial charge in [-0.3, -0.25) is 4.99 Å². The minimum absolute atomic E-state index is 0.118. The lowest BCUT2D eigenvalue weighted by Crippen LogP contribution is -2.40. The van der Waals surface area contributed by atoms with Crippen molar-refractivity contribution in [3.63, 3.8) is 0 Å². The summed E-state index contributed by atoms with van der Waals surface area (Å²) in [5, 5.41) is 0. The molecule has 1 aromatic rings. The standard InChI is InChI=1S/C13H17NO/c1-10-9-14-12(15-13(10,2)3)11-7-5-4-6-8-11/h4-8,10H,9H2,1-3H3. The summed E-state index contributed by atoms with van der Waals surface area (Å²) in [5.74, 6) is 1.24. The molecule has 1 aliphatic heterocycles. The zero-order valence-electron chi connectivity index (χ0n) is 9.53. The van der Waals surface area contributed by atoms with E-state index in [2.05, 4.69) is 25.8 Å². The number of hydrogen-bond acceptors (Lipinski definition) is 2. The van der Waals surface area contributed by atoms with Crippen LogP contribution in [0.4, 0.5) is 0 Å². The van der Waals surface area contributed by atoms with E-state index in [-0.39, 0.29) is 5.60 Å². The smallest absolute Gasteiger partial charge is 0.216 e. The number of rotatable bonds is 1. The van der Waals surface area contributed by atoms with Crippen molar-refractivity contribution >= 4 is 5.90 Å². The molecule has 0 bridgehead atoms. The maximum atomic E-state index is 5.92. The van der Waals surface area contributed by atoms with Crippen LogP contribution < -0.4 is 0 Å². The second-order valence-electron chi connectivity index (χ2n) is 4.62. The molecule has 0 N–H and O–H groups in total. The number of aliphatic imine (C=N–C) groups is 1. The largest absolute Gasteiger partial charge is 0.471 e. The van der Waals surface area contributed by atoms with E-state index in [1.165, 1.54) is 0 Å². The third kappa shape index (κ3) is 2.04. The summed E-state index contributed by atoms with van der Waals surface area (Å²) in [4.78, 5) is 4.47. The molecule has 1 atom stereocenters. The van der Waals surface area contributed by atoms with Crippen molar-refractivity contribution in [2.24, 2.45) is 10.9 Å². The Morgan fingerprint density at radius 2 is 1.93 bits per heavy atom. The fourth-order valence-corrected chi connectivity index (χ4v) is 1.55. The van der Waals surface area contributed by atoms with Crippen LogP contribution >= 0.6 is 0 Å². The van der Waals surface area contributed by atoms with Gasteiger partial charge in [-0.2, -0.15) is 0 Å². The van der Waals surface area contributed by atoms with Gasteiger partial charge in [-0.1, -0.05) is 25.1 Å².